The Kier molecular flexibility index (Phi) is 3.06. The molecule has 0 aliphatic rings. The zero-order valence-electron chi connectivity index (χ0n) is 10.7. The number of benzene rings is 1. The first-order chi connectivity index (χ1) is 9.38. The fourth-order valence-electron chi connectivity index (χ4n) is 2.05. The van der Waals surface area contributed by atoms with E-state index in [9.17, 15) is 0 Å². The van der Waals surface area contributed by atoms with Crippen molar-refractivity contribution in [3.63, 3.8) is 0 Å². The average molecular weight is 250 g/mol. The van der Waals surface area contributed by atoms with Crippen LogP contribution in [0.15, 0.2) is 48.8 Å². The summed E-state index contributed by atoms with van der Waals surface area (Å²) in [6, 6.07) is 11.9. The molecule has 0 unspecified atom stereocenters. The highest BCUT2D eigenvalue weighted by atomic mass is 15.0. The summed E-state index contributed by atoms with van der Waals surface area (Å²) in [5, 5.41) is 4.29. The van der Waals surface area contributed by atoms with Crippen LogP contribution in [-0.2, 0) is 0 Å². The van der Waals surface area contributed by atoms with Gasteiger partial charge in [0.05, 0.1) is 5.52 Å². The molecule has 0 fully saturated rings. The second-order valence-electron chi connectivity index (χ2n) is 4.18. The summed E-state index contributed by atoms with van der Waals surface area (Å²) in [5.41, 5.74) is 1.89. The average Bonchev–Trinajstić information content (AvgIpc) is 2.47. The van der Waals surface area contributed by atoms with E-state index < -0.39 is 0 Å². The topological polar surface area (TPSA) is 50.7 Å². The summed E-state index contributed by atoms with van der Waals surface area (Å²) in [6.45, 7) is 2.88. The third-order valence-corrected chi connectivity index (χ3v) is 2.89. The molecule has 0 bridgehead atoms. The van der Waals surface area contributed by atoms with Crippen LogP contribution in [0.5, 0.6) is 0 Å². The second kappa shape index (κ2) is 5.02. The number of para-hydroxylation sites is 1. The molecule has 0 saturated carbocycles. The van der Waals surface area contributed by atoms with Crippen LogP contribution in [0.4, 0.5) is 5.82 Å². The van der Waals surface area contributed by atoms with Crippen molar-refractivity contribution in [2.75, 3.05) is 11.9 Å². The first-order valence-corrected chi connectivity index (χ1v) is 6.29. The Labute approximate surface area is 111 Å². The van der Waals surface area contributed by atoms with Gasteiger partial charge < -0.3 is 5.32 Å². The largest absolute Gasteiger partial charge is 0.370 e. The fourth-order valence-corrected chi connectivity index (χ4v) is 2.05. The molecule has 1 aromatic carbocycles. The van der Waals surface area contributed by atoms with E-state index in [0.29, 0.717) is 5.82 Å². The highest BCUT2D eigenvalue weighted by Gasteiger charge is 2.07. The third-order valence-electron chi connectivity index (χ3n) is 2.89. The number of nitrogens with one attached hydrogen (secondary N) is 1. The van der Waals surface area contributed by atoms with Crippen molar-refractivity contribution in [2.45, 2.75) is 6.92 Å². The Morgan fingerprint density at radius 1 is 1.00 bits per heavy atom. The van der Waals surface area contributed by atoms with Gasteiger partial charge in [-0.05, 0) is 25.1 Å². The maximum absolute atomic E-state index is 4.52. The number of hydrogen-bond donors (Lipinski definition) is 1. The van der Waals surface area contributed by atoms with E-state index in [0.717, 1.165) is 28.8 Å². The van der Waals surface area contributed by atoms with Gasteiger partial charge in [0.25, 0.3) is 0 Å². The number of fused-ring (bicyclic) bond motifs is 1. The summed E-state index contributed by atoms with van der Waals surface area (Å²) in [5.74, 6) is 1.53. The van der Waals surface area contributed by atoms with E-state index in [2.05, 4.69) is 20.3 Å². The number of aromatic nitrogens is 3. The van der Waals surface area contributed by atoms with Gasteiger partial charge in [-0.2, -0.15) is 0 Å². The van der Waals surface area contributed by atoms with Gasteiger partial charge >= 0.3 is 0 Å². The van der Waals surface area contributed by atoms with Crippen LogP contribution in [0.1, 0.15) is 6.92 Å². The van der Waals surface area contributed by atoms with Gasteiger partial charge in [0.15, 0.2) is 5.82 Å². The molecule has 4 heteroatoms. The first kappa shape index (κ1) is 11.6. The predicted molar refractivity (Wildman–Crippen MR) is 76.9 cm³/mol. The quantitative estimate of drug-likeness (QED) is 0.776. The number of anilines is 1. The maximum Gasteiger partial charge on any atom is 0.163 e. The highest BCUT2D eigenvalue weighted by Crippen LogP contribution is 2.24. The zero-order chi connectivity index (χ0) is 13.1. The number of rotatable bonds is 3. The highest BCUT2D eigenvalue weighted by molar-refractivity contribution is 5.91. The van der Waals surface area contributed by atoms with Crippen molar-refractivity contribution in [3.05, 3.63) is 48.8 Å². The van der Waals surface area contributed by atoms with Gasteiger partial charge in [-0.15, -0.1) is 0 Å². The standard InChI is InChI=1S/C15H14N4/c1-2-16-13-8-10-18-15(19-13)12-7-3-5-11-6-4-9-17-14(11)12/h3-10H,2H2,1H3,(H,16,18,19). The molecule has 2 heterocycles. The molecule has 2 aromatic heterocycles. The van der Waals surface area contributed by atoms with Gasteiger partial charge in [-0.25, -0.2) is 9.97 Å². The van der Waals surface area contributed by atoms with E-state index in [4.69, 9.17) is 0 Å². The molecule has 0 amide bonds. The van der Waals surface area contributed by atoms with E-state index in [1.807, 2.05) is 43.3 Å². The summed E-state index contributed by atoms with van der Waals surface area (Å²) < 4.78 is 0. The van der Waals surface area contributed by atoms with Gasteiger partial charge in [0, 0.05) is 29.9 Å². The lowest BCUT2D eigenvalue weighted by Crippen LogP contribution is -2.01. The van der Waals surface area contributed by atoms with Crippen LogP contribution >= 0.6 is 0 Å². The Morgan fingerprint density at radius 2 is 1.89 bits per heavy atom. The van der Waals surface area contributed by atoms with Crippen LogP contribution < -0.4 is 5.32 Å². The predicted octanol–water partition coefficient (Wildman–Crippen LogP) is 3.12. The molecule has 0 spiro atoms. The third kappa shape index (κ3) is 2.25. The molecule has 4 nitrogen and oxygen atoms in total. The van der Waals surface area contributed by atoms with Crippen molar-refractivity contribution < 1.29 is 0 Å². The van der Waals surface area contributed by atoms with E-state index in [1.165, 1.54) is 0 Å². The SMILES string of the molecule is CCNc1ccnc(-c2cccc3cccnc23)n1. The molecule has 0 radical (unpaired) electrons. The van der Waals surface area contributed by atoms with E-state index >= 15 is 0 Å². The van der Waals surface area contributed by atoms with Gasteiger partial charge in [-0.1, -0.05) is 18.2 Å². The summed E-state index contributed by atoms with van der Waals surface area (Å²) in [6.07, 6.45) is 3.56. The Bertz CT molecular complexity index is 704. The number of pyridine rings is 1. The minimum atomic E-state index is 0.697. The van der Waals surface area contributed by atoms with Crippen molar-refractivity contribution >= 4 is 16.7 Å². The minimum absolute atomic E-state index is 0.697. The summed E-state index contributed by atoms with van der Waals surface area (Å²) in [7, 11) is 0. The normalized spacial score (nSPS) is 10.6. The number of hydrogen-bond acceptors (Lipinski definition) is 4. The molecular weight excluding hydrogens is 236 g/mol. The molecule has 19 heavy (non-hydrogen) atoms. The molecule has 1 N–H and O–H groups in total. The Morgan fingerprint density at radius 3 is 2.79 bits per heavy atom. The molecule has 3 aromatic rings. The van der Waals surface area contributed by atoms with Crippen molar-refractivity contribution in [1.29, 1.82) is 0 Å². The minimum Gasteiger partial charge on any atom is -0.370 e. The van der Waals surface area contributed by atoms with Gasteiger partial charge in [-0.3, -0.25) is 4.98 Å². The van der Waals surface area contributed by atoms with Crippen LogP contribution in [-0.4, -0.2) is 21.5 Å². The van der Waals surface area contributed by atoms with Gasteiger partial charge in [0.2, 0.25) is 0 Å². The second-order valence-corrected chi connectivity index (χ2v) is 4.18. The van der Waals surface area contributed by atoms with Crippen LogP contribution in [0, 0.1) is 0 Å². The summed E-state index contributed by atoms with van der Waals surface area (Å²) in [4.78, 5) is 13.3. The lowest BCUT2D eigenvalue weighted by molar-refractivity contribution is 1.12. The van der Waals surface area contributed by atoms with Crippen molar-refractivity contribution in [1.82, 2.24) is 15.0 Å². The lowest BCUT2D eigenvalue weighted by Gasteiger charge is -2.06. The Balaban J connectivity index is 2.16. The van der Waals surface area contributed by atoms with E-state index in [-0.39, 0.29) is 0 Å². The smallest absolute Gasteiger partial charge is 0.163 e. The molecule has 0 saturated heterocycles. The molecule has 0 aliphatic heterocycles. The monoisotopic (exact) mass is 250 g/mol. The molecule has 0 atom stereocenters. The van der Waals surface area contributed by atoms with Crippen LogP contribution in [0.25, 0.3) is 22.3 Å². The van der Waals surface area contributed by atoms with E-state index in [1.54, 1.807) is 12.4 Å². The lowest BCUT2D eigenvalue weighted by atomic mass is 10.1. The Hall–Kier alpha value is -2.49. The van der Waals surface area contributed by atoms with Crippen molar-refractivity contribution in [3.8, 4) is 11.4 Å². The maximum atomic E-state index is 4.52. The zero-order valence-corrected chi connectivity index (χ0v) is 10.7. The van der Waals surface area contributed by atoms with Crippen LogP contribution in [0.3, 0.4) is 0 Å². The molecule has 0 aliphatic carbocycles. The first-order valence-electron chi connectivity index (χ1n) is 6.29. The molecule has 94 valence electrons. The van der Waals surface area contributed by atoms with Crippen LogP contribution in [0.2, 0.25) is 0 Å². The molecular formula is C15H14N4. The summed E-state index contributed by atoms with van der Waals surface area (Å²) >= 11 is 0. The fraction of sp³-hybridized carbons (Fsp3) is 0.133. The number of nitrogens with zero attached hydrogens (tertiary/aromatic N) is 3. The molecule has 3 rings (SSSR count). The van der Waals surface area contributed by atoms with Gasteiger partial charge in [0.1, 0.15) is 5.82 Å². The van der Waals surface area contributed by atoms with Crippen molar-refractivity contribution in [2.24, 2.45) is 0 Å².